The smallest absolute Gasteiger partial charge is 0.142 e. The second-order valence-corrected chi connectivity index (χ2v) is 20.0. The van der Waals surface area contributed by atoms with Gasteiger partial charge in [-0.25, -0.2) is 0 Å². The first-order chi connectivity index (χ1) is 31.7. The Labute approximate surface area is 388 Å². The van der Waals surface area contributed by atoms with E-state index in [1.165, 1.54) is 11.1 Å². The maximum atomic E-state index is 13.2. The Kier molecular flexibility index (Phi) is 9.41. The van der Waals surface area contributed by atoms with E-state index in [0.717, 1.165) is 99.4 Å². The zero-order valence-electron chi connectivity index (χ0n) is 38.2. The van der Waals surface area contributed by atoms with E-state index in [0.29, 0.717) is 0 Å². The van der Waals surface area contributed by atoms with Crippen LogP contribution in [0.2, 0.25) is 0 Å². The molecule has 0 bridgehead atoms. The molecule has 66 heavy (non-hydrogen) atoms. The minimum Gasteiger partial charge on any atom is -0.376 e. The van der Waals surface area contributed by atoms with Crippen LogP contribution in [0.25, 0.3) is 43.8 Å². The van der Waals surface area contributed by atoms with Gasteiger partial charge in [-0.05, 0) is 119 Å². The normalized spacial score (nSPS) is 17.0. The van der Waals surface area contributed by atoms with Crippen molar-refractivity contribution in [1.82, 2.24) is 0 Å². The molecule has 0 saturated heterocycles. The number of hydrogen-bond acceptors (Lipinski definition) is 2. The van der Waals surface area contributed by atoms with Crippen LogP contribution in [0.15, 0.2) is 182 Å². The van der Waals surface area contributed by atoms with Crippen molar-refractivity contribution >= 4 is 21.5 Å². The summed E-state index contributed by atoms with van der Waals surface area (Å²) in [5, 5.41) is 30.6. The lowest BCUT2D eigenvalue weighted by Gasteiger charge is -2.28. The van der Waals surface area contributed by atoms with E-state index in [1.54, 1.807) is 0 Å². The van der Waals surface area contributed by atoms with Crippen LogP contribution in [0.5, 0.6) is 0 Å². The van der Waals surface area contributed by atoms with Gasteiger partial charge in [0.1, 0.15) is 11.2 Å². The predicted molar refractivity (Wildman–Crippen MR) is 272 cm³/mol. The molecule has 2 aliphatic carbocycles. The van der Waals surface area contributed by atoms with Gasteiger partial charge in [0.2, 0.25) is 0 Å². The molecule has 2 aliphatic rings. The zero-order valence-corrected chi connectivity index (χ0v) is 38.2. The molecule has 2 unspecified atom stereocenters. The van der Waals surface area contributed by atoms with Gasteiger partial charge in [0.15, 0.2) is 0 Å². The minimum absolute atomic E-state index is 0.0956. The summed E-state index contributed by atoms with van der Waals surface area (Å²) in [6.45, 7) is 13.4. The highest BCUT2D eigenvalue weighted by Crippen LogP contribution is 2.55. The monoisotopic (exact) mass is 850 g/mol. The third-order valence-corrected chi connectivity index (χ3v) is 13.9. The van der Waals surface area contributed by atoms with Gasteiger partial charge in [-0.3, -0.25) is 0 Å². The van der Waals surface area contributed by atoms with Crippen molar-refractivity contribution in [3.8, 4) is 45.9 Å². The summed E-state index contributed by atoms with van der Waals surface area (Å²) in [4.78, 5) is 0. The molecule has 0 heterocycles. The van der Waals surface area contributed by atoms with Gasteiger partial charge in [0, 0.05) is 44.5 Å². The molecule has 0 aliphatic heterocycles. The SMILES string of the molecule is CC(C)(C)c1ccc2cc3c(c(C#Cc4cccc(C#Cc5c6c(cc7ccc(C(C)(C)C)cc57)-c5ccccc5C6(O)c5ccccc5)c4)c2c1)C(O)(c1ccccc1)c1ccccc1-3. The van der Waals surface area contributed by atoms with Crippen molar-refractivity contribution < 1.29 is 10.2 Å². The first kappa shape index (κ1) is 41.3. The van der Waals surface area contributed by atoms with Gasteiger partial charge in [0.25, 0.3) is 0 Å². The van der Waals surface area contributed by atoms with Crippen LogP contribution in [-0.2, 0) is 22.0 Å². The Bertz CT molecular complexity index is 3340. The molecule has 0 amide bonds. The molecule has 318 valence electrons. The van der Waals surface area contributed by atoms with Crippen LogP contribution in [0, 0.1) is 23.7 Å². The summed E-state index contributed by atoms with van der Waals surface area (Å²) in [5.74, 6) is 14.5. The van der Waals surface area contributed by atoms with Gasteiger partial charge in [-0.2, -0.15) is 0 Å². The predicted octanol–water partition coefficient (Wildman–Crippen LogP) is 13.9. The number of aliphatic hydroxyl groups is 2. The molecule has 2 N–H and O–H groups in total. The maximum Gasteiger partial charge on any atom is 0.142 e. The summed E-state index contributed by atoms with van der Waals surface area (Å²) in [6, 6.07) is 62.3. The van der Waals surface area contributed by atoms with Crippen LogP contribution < -0.4 is 0 Å². The topological polar surface area (TPSA) is 40.5 Å². The Hall–Kier alpha value is -7.46. The van der Waals surface area contributed by atoms with Gasteiger partial charge < -0.3 is 10.2 Å². The summed E-state index contributed by atoms with van der Waals surface area (Å²) in [6.07, 6.45) is 0. The van der Waals surface area contributed by atoms with E-state index in [9.17, 15) is 10.2 Å². The van der Waals surface area contributed by atoms with Crippen molar-refractivity contribution in [1.29, 1.82) is 0 Å². The maximum absolute atomic E-state index is 13.2. The molecule has 2 heteroatoms. The second kappa shape index (κ2) is 15.1. The fourth-order valence-electron chi connectivity index (χ4n) is 10.4. The second-order valence-electron chi connectivity index (χ2n) is 20.0. The third kappa shape index (κ3) is 6.44. The van der Waals surface area contributed by atoms with Crippen molar-refractivity contribution in [2.45, 2.75) is 63.6 Å². The van der Waals surface area contributed by atoms with E-state index in [-0.39, 0.29) is 10.8 Å². The van der Waals surface area contributed by atoms with E-state index < -0.39 is 11.2 Å². The molecule has 0 radical (unpaired) electrons. The lowest BCUT2D eigenvalue weighted by atomic mass is 9.79. The van der Waals surface area contributed by atoms with Crippen molar-refractivity contribution in [3.63, 3.8) is 0 Å². The molecule has 2 atom stereocenters. The molecule has 2 nitrogen and oxygen atoms in total. The Morgan fingerprint density at radius 3 is 1.17 bits per heavy atom. The molecular formula is C64H50O2. The number of benzene rings is 9. The van der Waals surface area contributed by atoms with E-state index in [4.69, 9.17) is 0 Å². The molecule has 0 saturated carbocycles. The van der Waals surface area contributed by atoms with Crippen molar-refractivity contribution in [2.75, 3.05) is 0 Å². The summed E-state index contributed by atoms with van der Waals surface area (Å²) in [7, 11) is 0. The van der Waals surface area contributed by atoms with Crippen LogP contribution >= 0.6 is 0 Å². The van der Waals surface area contributed by atoms with Gasteiger partial charge >= 0.3 is 0 Å². The first-order valence-electron chi connectivity index (χ1n) is 22.9. The fourth-order valence-corrected chi connectivity index (χ4v) is 10.4. The van der Waals surface area contributed by atoms with Crippen LogP contribution in [-0.4, -0.2) is 10.2 Å². The average molecular weight is 851 g/mol. The first-order valence-corrected chi connectivity index (χ1v) is 22.9. The highest BCUT2D eigenvalue weighted by molar-refractivity contribution is 6.01. The largest absolute Gasteiger partial charge is 0.376 e. The molecule has 9 aromatic carbocycles. The Balaban J connectivity index is 1.11. The zero-order chi connectivity index (χ0) is 45.6. The van der Waals surface area contributed by atoms with E-state index in [1.807, 2.05) is 121 Å². The molecule has 11 rings (SSSR count). The highest BCUT2D eigenvalue weighted by Gasteiger charge is 2.46. The summed E-state index contributed by atoms with van der Waals surface area (Å²) in [5.41, 5.74) is 11.6. The average Bonchev–Trinajstić information content (AvgIpc) is 3.74. The highest BCUT2D eigenvalue weighted by atomic mass is 16.3. The minimum atomic E-state index is -1.41. The number of fused-ring (bicyclic) bond motifs is 8. The lowest BCUT2D eigenvalue weighted by Crippen LogP contribution is -2.27. The summed E-state index contributed by atoms with van der Waals surface area (Å²) >= 11 is 0. The third-order valence-electron chi connectivity index (χ3n) is 13.9. The fraction of sp³-hybridized carbons (Fsp3) is 0.156. The molecular weight excluding hydrogens is 801 g/mol. The van der Waals surface area contributed by atoms with Crippen LogP contribution in [0.3, 0.4) is 0 Å². The molecule has 0 aromatic heterocycles. The number of rotatable bonds is 2. The van der Waals surface area contributed by atoms with Crippen molar-refractivity contribution in [3.05, 3.63) is 249 Å². The van der Waals surface area contributed by atoms with Crippen LogP contribution in [0.1, 0.15) is 108 Å². The molecule has 0 fully saturated rings. The van der Waals surface area contributed by atoms with Gasteiger partial charge in [-0.1, -0.05) is 205 Å². The van der Waals surface area contributed by atoms with Crippen molar-refractivity contribution in [2.24, 2.45) is 0 Å². The Morgan fingerprint density at radius 1 is 0.364 bits per heavy atom. The molecule has 0 spiro atoms. The standard InChI is InChI=1S/C64H50O2/c1-61(2,3)47-32-30-43-37-55-49-24-13-15-26-57(49)63(65,45-20-9-7-10-21-45)59(55)51(53(43)39-47)34-28-41-18-17-19-42(36-41)29-35-52-54-40-48(62(4,5)6)33-31-44(54)38-56-50-25-14-16-27-58(50)64(66,60(52)56)46-22-11-8-12-23-46/h7-27,30-33,36-40,65-66H,1-6H3. The summed E-state index contributed by atoms with van der Waals surface area (Å²) < 4.78 is 0. The van der Waals surface area contributed by atoms with Gasteiger partial charge in [0.05, 0.1) is 0 Å². The Morgan fingerprint density at radius 2 is 0.758 bits per heavy atom. The van der Waals surface area contributed by atoms with E-state index in [2.05, 4.69) is 126 Å². The van der Waals surface area contributed by atoms with E-state index >= 15 is 0 Å². The quantitative estimate of drug-likeness (QED) is 0.170. The van der Waals surface area contributed by atoms with Crippen LogP contribution in [0.4, 0.5) is 0 Å². The number of hydrogen-bond donors (Lipinski definition) is 2. The molecule has 9 aromatic rings. The van der Waals surface area contributed by atoms with Gasteiger partial charge in [-0.15, -0.1) is 0 Å². The lowest BCUT2D eigenvalue weighted by molar-refractivity contribution is 0.130.